The first-order chi connectivity index (χ1) is 16.0. The molecular weight excluding hydrogens is 458 g/mol. The van der Waals surface area contributed by atoms with E-state index in [9.17, 15) is 13.2 Å². The molecule has 2 atom stereocenters. The maximum atomic E-state index is 13.2. The summed E-state index contributed by atoms with van der Waals surface area (Å²) in [4.78, 5) is 13.1. The third kappa shape index (κ3) is 5.72. The fraction of sp³-hybridized carbons (Fsp3) is 0.583. The van der Waals surface area contributed by atoms with Crippen molar-refractivity contribution in [3.63, 3.8) is 0 Å². The van der Waals surface area contributed by atoms with Crippen LogP contribution in [0.25, 0.3) is 0 Å². The number of aryl methyl sites for hydroxylation is 2. The summed E-state index contributed by atoms with van der Waals surface area (Å²) in [5.41, 5.74) is 1.20. The number of hydrogen-bond acceptors (Lipinski definition) is 7. The summed E-state index contributed by atoms with van der Waals surface area (Å²) in [7, 11) is -2.20. The number of sulfonamides is 1. The van der Waals surface area contributed by atoms with E-state index in [4.69, 9.17) is 14.0 Å². The fourth-order valence-electron chi connectivity index (χ4n) is 4.09. The second-order valence-corrected chi connectivity index (χ2v) is 11.1. The third-order valence-corrected chi connectivity index (χ3v) is 8.05. The van der Waals surface area contributed by atoms with Gasteiger partial charge in [-0.1, -0.05) is 25.1 Å². The summed E-state index contributed by atoms with van der Waals surface area (Å²) >= 11 is 0. The number of piperidine rings is 1. The molecule has 2 heterocycles. The van der Waals surface area contributed by atoms with Gasteiger partial charge in [0, 0.05) is 13.1 Å². The fourth-order valence-corrected chi connectivity index (χ4v) is 5.91. The number of rotatable bonds is 9. The monoisotopic (exact) mass is 493 g/mol. The molecule has 1 aliphatic rings. The van der Waals surface area contributed by atoms with Crippen LogP contribution >= 0.6 is 0 Å². The van der Waals surface area contributed by atoms with Crippen LogP contribution in [0, 0.1) is 25.7 Å². The molecule has 34 heavy (non-hydrogen) atoms. The average Bonchev–Trinajstić information content (AvgIpc) is 3.15. The first-order valence-electron chi connectivity index (χ1n) is 11.6. The standard InChI is InChI=1S/C24H35N3O6S/c1-15(2)14-32-21-10-9-19(12-22(21)31-6)16(3)25-24(28)20-8-7-11-27(13-20)34(29,30)23-17(4)26-33-18(23)5/h9-10,12,15-16,20H,7-8,11,13-14H2,1-6H3,(H,25,28). The Hall–Kier alpha value is -2.59. The Morgan fingerprint density at radius 2 is 2.00 bits per heavy atom. The summed E-state index contributed by atoms with van der Waals surface area (Å²) < 4.78 is 44.0. The molecule has 0 radical (unpaired) electrons. The van der Waals surface area contributed by atoms with Gasteiger partial charge in [0.25, 0.3) is 0 Å². The van der Waals surface area contributed by atoms with Crippen molar-refractivity contribution in [1.29, 1.82) is 0 Å². The van der Waals surface area contributed by atoms with Gasteiger partial charge in [0.2, 0.25) is 15.9 Å². The van der Waals surface area contributed by atoms with Gasteiger partial charge in [0.1, 0.15) is 10.6 Å². The zero-order valence-corrected chi connectivity index (χ0v) is 21.6. The quantitative estimate of drug-likeness (QED) is 0.568. The van der Waals surface area contributed by atoms with Gasteiger partial charge in [0.05, 0.1) is 25.7 Å². The number of carbonyl (C=O) groups excluding carboxylic acids is 1. The smallest absolute Gasteiger partial charge is 0.248 e. The van der Waals surface area contributed by atoms with E-state index < -0.39 is 15.9 Å². The lowest BCUT2D eigenvalue weighted by Crippen LogP contribution is -2.46. The van der Waals surface area contributed by atoms with Crippen LogP contribution in [0.2, 0.25) is 0 Å². The molecule has 2 aromatic rings. The van der Waals surface area contributed by atoms with Crippen molar-refractivity contribution >= 4 is 15.9 Å². The molecule has 0 saturated carbocycles. The van der Waals surface area contributed by atoms with Crippen LogP contribution in [0.4, 0.5) is 0 Å². The van der Waals surface area contributed by atoms with Gasteiger partial charge >= 0.3 is 0 Å². The molecule has 2 unspecified atom stereocenters. The second kappa shape index (κ2) is 10.8. The molecule has 1 fully saturated rings. The topological polar surface area (TPSA) is 111 Å². The van der Waals surface area contributed by atoms with E-state index in [1.165, 1.54) is 4.31 Å². The zero-order valence-electron chi connectivity index (χ0n) is 20.8. The Morgan fingerprint density at radius 1 is 1.26 bits per heavy atom. The summed E-state index contributed by atoms with van der Waals surface area (Å²) in [6.07, 6.45) is 1.22. The van der Waals surface area contributed by atoms with Gasteiger partial charge in [0.15, 0.2) is 17.3 Å². The molecule has 1 aromatic heterocycles. The molecule has 10 heteroatoms. The van der Waals surface area contributed by atoms with Gasteiger partial charge in [-0.3, -0.25) is 4.79 Å². The predicted molar refractivity (Wildman–Crippen MR) is 127 cm³/mol. The first-order valence-corrected chi connectivity index (χ1v) is 13.0. The van der Waals surface area contributed by atoms with Crippen molar-refractivity contribution in [2.24, 2.45) is 11.8 Å². The number of amides is 1. The predicted octanol–water partition coefficient (Wildman–Crippen LogP) is 3.61. The van der Waals surface area contributed by atoms with Gasteiger partial charge in [-0.05, 0) is 57.2 Å². The number of methoxy groups -OCH3 is 1. The highest BCUT2D eigenvalue weighted by atomic mass is 32.2. The second-order valence-electron chi connectivity index (χ2n) is 9.20. The molecule has 1 aliphatic heterocycles. The van der Waals surface area contributed by atoms with Crippen molar-refractivity contribution in [2.45, 2.75) is 58.4 Å². The molecule has 1 aromatic carbocycles. The summed E-state index contributed by atoms with van der Waals surface area (Å²) in [6.45, 7) is 10.3. The number of ether oxygens (including phenoxy) is 2. The summed E-state index contributed by atoms with van der Waals surface area (Å²) in [5.74, 6) is 1.29. The number of benzene rings is 1. The largest absolute Gasteiger partial charge is 0.493 e. The molecule has 9 nitrogen and oxygen atoms in total. The number of carbonyl (C=O) groups is 1. The lowest BCUT2D eigenvalue weighted by atomic mass is 9.98. The first kappa shape index (κ1) is 26.0. The van der Waals surface area contributed by atoms with E-state index >= 15 is 0 Å². The molecule has 0 spiro atoms. The molecule has 0 aliphatic carbocycles. The van der Waals surface area contributed by atoms with E-state index in [0.29, 0.717) is 49.1 Å². The molecule has 188 valence electrons. The van der Waals surface area contributed by atoms with Crippen molar-refractivity contribution in [3.05, 3.63) is 35.2 Å². The molecule has 0 bridgehead atoms. The van der Waals surface area contributed by atoms with Crippen LogP contribution in [0.5, 0.6) is 11.5 Å². The van der Waals surface area contributed by atoms with Crippen molar-refractivity contribution < 1.29 is 27.2 Å². The van der Waals surface area contributed by atoms with E-state index in [2.05, 4.69) is 24.3 Å². The van der Waals surface area contributed by atoms with E-state index in [1.807, 2.05) is 25.1 Å². The lowest BCUT2D eigenvalue weighted by molar-refractivity contribution is -0.126. The Morgan fingerprint density at radius 3 is 2.62 bits per heavy atom. The van der Waals surface area contributed by atoms with Crippen LogP contribution in [0.1, 0.15) is 56.7 Å². The minimum Gasteiger partial charge on any atom is -0.493 e. The highest BCUT2D eigenvalue weighted by Crippen LogP contribution is 2.32. The van der Waals surface area contributed by atoms with E-state index in [0.717, 1.165) is 5.56 Å². The van der Waals surface area contributed by atoms with E-state index in [-0.39, 0.29) is 29.1 Å². The summed E-state index contributed by atoms with van der Waals surface area (Å²) in [5, 5.41) is 6.79. The van der Waals surface area contributed by atoms with Crippen LogP contribution < -0.4 is 14.8 Å². The maximum absolute atomic E-state index is 13.2. The Labute approximate surface area is 201 Å². The average molecular weight is 494 g/mol. The Kier molecular flexibility index (Phi) is 8.25. The zero-order chi connectivity index (χ0) is 25.0. The molecular formula is C24H35N3O6S. The van der Waals surface area contributed by atoms with Crippen LogP contribution in [-0.4, -0.2) is 50.6 Å². The number of aromatic nitrogens is 1. The van der Waals surface area contributed by atoms with Crippen LogP contribution in [-0.2, 0) is 14.8 Å². The van der Waals surface area contributed by atoms with Gasteiger partial charge < -0.3 is 19.3 Å². The molecule has 1 amide bonds. The van der Waals surface area contributed by atoms with Crippen molar-refractivity contribution in [1.82, 2.24) is 14.8 Å². The minimum atomic E-state index is -3.79. The highest BCUT2D eigenvalue weighted by Gasteiger charge is 2.36. The normalized spacial score (nSPS) is 18.0. The van der Waals surface area contributed by atoms with Crippen molar-refractivity contribution in [3.8, 4) is 11.5 Å². The minimum absolute atomic E-state index is 0.0915. The number of nitrogens with zero attached hydrogens (tertiary/aromatic N) is 2. The number of hydrogen-bond donors (Lipinski definition) is 1. The van der Waals surface area contributed by atoms with Crippen LogP contribution in [0.3, 0.4) is 0 Å². The Balaban J connectivity index is 1.68. The van der Waals surface area contributed by atoms with Crippen molar-refractivity contribution in [2.75, 3.05) is 26.8 Å². The van der Waals surface area contributed by atoms with Gasteiger partial charge in [-0.15, -0.1) is 0 Å². The maximum Gasteiger partial charge on any atom is 0.248 e. The third-order valence-electron chi connectivity index (χ3n) is 5.94. The molecule has 1 N–H and O–H groups in total. The van der Waals surface area contributed by atoms with Gasteiger partial charge in [-0.2, -0.15) is 4.31 Å². The van der Waals surface area contributed by atoms with Gasteiger partial charge in [-0.25, -0.2) is 8.42 Å². The lowest BCUT2D eigenvalue weighted by Gasteiger charge is -2.31. The molecule has 3 rings (SSSR count). The number of nitrogens with one attached hydrogen (secondary N) is 1. The highest BCUT2D eigenvalue weighted by molar-refractivity contribution is 7.89. The Bertz CT molecular complexity index is 1090. The summed E-state index contributed by atoms with van der Waals surface area (Å²) in [6, 6.07) is 5.32. The van der Waals surface area contributed by atoms with Crippen LogP contribution in [0.15, 0.2) is 27.6 Å². The van der Waals surface area contributed by atoms with E-state index in [1.54, 1.807) is 21.0 Å². The SMILES string of the molecule is COc1cc(C(C)NC(=O)C2CCCN(S(=O)(=O)c3c(C)noc3C)C2)ccc1OCC(C)C. The molecule has 1 saturated heterocycles.